The molecule has 1 amide bonds. The molecule has 0 spiro atoms. The molecule has 2 rings (SSSR count). The molecule has 1 saturated heterocycles. The molecule has 1 unspecified atom stereocenters. The van der Waals surface area contributed by atoms with Crippen LogP contribution >= 0.6 is 15.9 Å². The number of hydrogen-bond donors (Lipinski definition) is 1. The van der Waals surface area contributed by atoms with Gasteiger partial charge < -0.3 is 15.1 Å². The van der Waals surface area contributed by atoms with Gasteiger partial charge in [0, 0.05) is 43.6 Å². The van der Waals surface area contributed by atoms with E-state index in [1.165, 1.54) is 11.3 Å². The Hall–Kier alpha value is -1.07. The molecule has 0 saturated carbocycles. The lowest BCUT2D eigenvalue weighted by molar-refractivity contribution is -0.128. The number of carbonyl (C=O) groups is 1. The number of nitrogens with zero attached hydrogens (tertiary/aromatic N) is 2. The second-order valence-electron chi connectivity index (χ2n) is 5.57. The van der Waals surface area contributed by atoms with Gasteiger partial charge in [-0.3, -0.25) is 4.79 Å². The highest BCUT2D eigenvalue weighted by molar-refractivity contribution is 9.10. The minimum atomic E-state index is 0.175. The Labute approximate surface area is 135 Å². The van der Waals surface area contributed by atoms with Crippen LogP contribution in [0.15, 0.2) is 22.7 Å². The number of anilines is 1. The molecule has 1 fully saturated rings. The lowest BCUT2D eigenvalue weighted by Crippen LogP contribution is -2.33. The summed E-state index contributed by atoms with van der Waals surface area (Å²) in [4.78, 5) is 15.8. The van der Waals surface area contributed by atoms with Gasteiger partial charge in [-0.25, -0.2) is 0 Å². The van der Waals surface area contributed by atoms with Crippen LogP contribution in [-0.4, -0.2) is 44.0 Å². The van der Waals surface area contributed by atoms with E-state index < -0.39 is 0 Å². The van der Waals surface area contributed by atoms with Crippen LogP contribution in [-0.2, 0) is 4.79 Å². The average molecular weight is 354 g/mol. The Morgan fingerprint density at radius 3 is 2.67 bits per heavy atom. The maximum atomic E-state index is 11.5. The summed E-state index contributed by atoms with van der Waals surface area (Å²) in [6.07, 6.45) is 1.01. The van der Waals surface area contributed by atoms with Crippen molar-refractivity contribution >= 4 is 27.5 Å². The van der Waals surface area contributed by atoms with Crippen molar-refractivity contribution in [3.05, 3.63) is 28.2 Å². The fourth-order valence-electron chi connectivity index (χ4n) is 2.69. The first kappa shape index (κ1) is 16.3. The molecule has 1 aliphatic heterocycles. The molecule has 0 bridgehead atoms. The van der Waals surface area contributed by atoms with Crippen molar-refractivity contribution in [1.82, 2.24) is 10.2 Å². The molecule has 21 heavy (non-hydrogen) atoms. The summed E-state index contributed by atoms with van der Waals surface area (Å²) in [5.74, 6) is 0.175. The minimum Gasteiger partial charge on any atom is -0.369 e. The number of rotatable bonds is 3. The number of hydrogen-bond acceptors (Lipinski definition) is 3. The van der Waals surface area contributed by atoms with Crippen molar-refractivity contribution in [2.45, 2.75) is 26.3 Å². The van der Waals surface area contributed by atoms with Gasteiger partial charge in [0.2, 0.25) is 5.91 Å². The van der Waals surface area contributed by atoms with E-state index in [0.29, 0.717) is 6.04 Å². The SMILES string of the molecule is CNC(C)c1ccc(N2CCCN(C(C)=O)CC2)c(Br)c1. The molecule has 4 nitrogen and oxygen atoms in total. The molecule has 1 atom stereocenters. The number of halogens is 1. The number of carbonyl (C=O) groups excluding carboxylic acids is 1. The zero-order chi connectivity index (χ0) is 15.4. The van der Waals surface area contributed by atoms with E-state index in [0.717, 1.165) is 37.1 Å². The second kappa shape index (κ2) is 7.27. The fourth-order valence-corrected chi connectivity index (χ4v) is 3.34. The lowest BCUT2D eigenvalue weighted by atomic mass is 10.1. The average Bonchev–Trinajstić information content (AvgIpc) is 2.72. The van der Waals surface area contributed by atoms with Gasteiger partial charge in [0.05, 0.1) is 5.69 Å². The van der Waals surface area contributed by atoms with Gasteiger partial charge >= 0.3 is 0 Å². The van der Waals surface area contributed by atoms with Crippen molar-refractivity contribution in [3.63, 3.8) is 0 Å². The van der Waals surface area contributed by atoms with Gasteiger partial charge in [0.1, 0.15) is 0 Å². The van der Waals surface area contributed by atoms with E-state index in [4.69, 9.17) is 0 Å². The van der Waals surface area contributed by atoms with Crippen LogP contribution in [0.2, 0.25) is 0 Å². The second-order valence-corrected chi connectivity index (χ2v) is 6.42. The Bertz CT molecular complexity index is 506. The van der Waals surface area contributed by atoms with Crippen LogP contribution in [0.25, 0.3) is 0 Å². The highest BCUT2D eigenvalue weighted by Crippen LogP contribution is 2.30. The summed E-state index contributed by atoms with van der Waals surface area (Å²) >= 11 is 3.70. The molecule has 1 aliphatic rings. The minimum absolute atomic E-state index is 0.175. The molecule has 0 aliphatic carbocycles. The summed E-state index contributed by atoms with van der Waals surface area (Å²) < 4.78 is 1.12. The fraction of sp³-hybridized carbons (Fsp3) is 0.562. The van der Waals surface area contributed by atoms with Gasteiger partial charge in [-0.2, -0.15) is 0 Å². The highest BCUT2D eigenvalue weighted by atomic mass is 79.9. The summed E-state index contributed by atoms with van der Waals surface area (Å²) in [6.45, 7) is 7.34. The molecule has 1 N–H and O–H groups in total. The third kappa shape index (κ3) is 3.98. The summed E-state index contributed by atoms with van der Waals surface area (Å²) in [5.41, 5.74) is 2.49. The van der Waals surface area contributed by atoms with Crippen molar-refractivity contribution in [2.75, 3.05) is 38.1 Å². The van der Waals surface area contributed by atoms with Gasteiger partial charge in [0.25, 0.3) is 0 Å². The van der Waals surface area contributed by atoms with Crippen LogP contribution in [0, 0.1) is 0 Å². The molecule has 1 aromatic rings. The summed E-state index contributed by atoms with van der Waals surface area (Å²) in [5, 5.41) is 3.26. The van der Waals surface area contributed by atoms with Crippen LogP contribution in [0.3, 0.4) is 0 Å². The Kier molecular flexibility index (Phi) is 5.65. The normalized spacial score (nSPS) is 17.5. The largest absolute Gasteiger partial charge is 0.369 e. The predicted molar refractivity (Wildman–Crippen MR) is 90.7 cm³/mol. The summed E-state index contributed by atoms with van der Waals surface area (Å²) in [6, 6.07) is 6.88. The molecule has 0 radical (unpaired) electrons. The van der Waals surface area contributed by atoms with Crippen LogP contribution in [0.1, 0.15) is 31.9 Å². The maximum Gasteiger partial charge on any atom is 0.219 e. The first-order valence-corrected chi connectivity index (χ1v) is 8.29. The van der Waals surface area contributed by atoms with E-state index in [1.54, 1.807) is 6.92 Å². The molecular formula is C16H24BrN3O. The maximum absolute atomic E-state index is 11.5. The zero-order valence-corrected chi connectivity index (χ0v) is 14.6. The molecule has 1 heterocycles. The van der Waals surface area contributed by atoms with Crippen molar-refractivity contribution in [1.29, 1.82) is 0 Å². The quantitative estimate of drug-likeness (QED) is 0.907. The van der Waals surface area contributed by atoms with Gasteiger partial charge in [-0.1, -0.05) is 6.07 Å². The predicted octanol–water partition coefficient (Wildman–Crippen LogP) is 2.79. The smallest absolute Gasteiger partial charge is 0.219 e. The summed E-state index contributed by atoms with van der Waals surface area (Å²) in [7, 11) is 1.97. The first-order valence-electron chi connectivity index (χ1n) is 7.50. The number of amides is 1. The zero-order valence-electron chi connectivity index (χ0n) is 13.0. The number of benzene rings is 1. The Morgan fingerprint density at radius 2 is 2.05 bits per heavy atom. The van der Waals surface area contributed by atoms with E-state index in [9.17, 15) is 4.79 Å². The lowest BCUT2D eigenvalue weighted by Gasteiger charge is -2.25. The van der Waals surface area contributed by atoms with Crippen LogP contribution in [0.4, 0.5) is 5.69 Å². The van der Waals surface area contributed by atoms with E-state index in [2.05, 4.69) is 51.3 Å². The Balaban J connectivity index is 2.13. The molecule has 5 heteroatoms. The monoisotopic (exact) mass is 353 g/mol. The molecule has 1 aromatic carbocycles. The van der Waals surface area contributed by atoms with Gasteiger partial charge in [0.15, 0.2) is 0 Å². The topological polar surface area (TPSA) is 35.6 Å². The van der Waals surface area contributed by atoms with Crippen molar-refractivity contribution in [3.8, 4) is 0 Å². The molecule has 0 aromatic heterocycles. The van der Waals surface area contributed by atoms with Crippen molar-refractivity contribution in [2.24, 2.45) is 0 Å². The van der Waals surface area contributed by atoms with Crippen LogP contribution < -0.4 is 10.2 Å². The van der Waals surface area contributed by atoms with Gasteiger partial charge in [-0.15, -0.1) is 0 Å². The third-order valence-corrected chi connectivity index (χ3v) is 4.82. The standard InChI is InChI=1S/C16H24BrN3O/c1-12(18-3)14-5-6-16(15(17)11-14)20-8-4-7-19(9-10-20)13(2)21/h5-6,11-12,18H,4,7-10H2,1-3H3. The van der Waals surface area contributed by atoms with E-state index >= 15 is 0 Å². The molecule has 116 valence electrons. The molecular weight excluding hydrogens is 330 g/mol. The number of nitrogens with one attached hydrogen (secondary N) is 1. The Morgan fingerprint density at radius 1 is 1.29 bits per heavy atom. The van der Waals surface area contributed by atoms with E-state index in [-0.39, 0.29) is 5.91 Å². The van der Waals surface area contributed by atoms with Crippen molar-refractivity contribution < 1.29 is 4.79 Å². The first-order chi connectivity index (χ1) is 10.0. The third-order valence-electron chi connectivity index (χ3n) is 4.19. The van der Waals surface area contributed by atoms with Crippen LogP contribution in [0.5, 0.6) is 0 Å². The van der Waals surface area contributed by atoms with Gasteiger partial charge in [-0.05, 0) is 54.0 Å². The van der Waals surface area contributed by atoms with E-state index in [1.807, 2.05) is 11.9 Å². The highest BCUT2D eigenvalue weighted by Gasteiger charge is 2.18.